The maximum Gasteiger partial charge on any atom is 0.303 e. The van der Waals surface area contributed by atoms with Crippen LogP contribution >= 0.6 is 11.8 Å². The van der Waals surface area contributed by atoms with Gasteiger partial charge in [-0.25, -0.2) is 0 Å². The minimum atomic E-state index is -1.50. The molecule has 0 radical (unpaired) electrons. The highest BCUT2D eigenvalue weighted by Crippen LogP contribution is 2.72. The minimum Gasteiger partial charge on any atom is -0.462 e. The van der Waals surface area contributed by atoms with Crippen LogP contribution in [0.25, 0.3) is 5.57 Å². The van der Waals surface area contributed by atoms with Gasteiger partial charge in [-0.1, -0.05) is 51.1 Å². The summed E-state index contributed by atoms with van der Waals surface area (Å²) in [6, 6.07) is 8.13. The van der Waals surface area contributed by atoms with Crippen LogP contribution in [0, 0.1) is 34.0 Å². The number of aliphatic hydroxyl groups is 1. The van der Waals surface area contributed by atoms with Gasteiger partial charge in [0.15, 0.2) is 6.10 Å². The van der Waals surface area contributed by atoms with E-state index in [-0.39, 0.29) is 13.2 Å². The van der Waals surface area contributed by atoms with E-state index in [1.807, 2.05) is 51.1 Å². The van der Waals surface area contributed by atoms with Gasteiger partial charge in [-0.3, -0.25) is 19.2 Å². The molecule has 1 N–H and O–H groups in total. The smallest absolute Gasteiger partial charge is 0.303 e. The number of ether oxygens (including phenoxy) is 5. The highest BCUT2D eigenvalue weighted by atomic mass is 32.2. The van der Waals surface area contributed by atoms with Gasteiger partial charge < -0.3 is 28.8 Å². The zero-order valence-electron chi connectivity index (χ0n) is 32.7. The second-order valence-corrected chi connectivity index (χ2v) is 17.1. The summed E-state index contributed by atoms with van der Waals surface area (Å²) in [7, 11) is 0. The van der Waals surface area contributed by atoms with Crippen molar-refractivity contribution < 1.29 is 48.0 Å². The maximum atomic E-state index is 13.2. The van der Waals surface area contributed by atoms with Gasteiger partial charge in [0.25, 0.3) is 0 Å². The number of rotatable bonds is 9. The lowest BCUT2D eigenvalue weighted by Gasteiger charge is -2.70. The summed E-state index contributed by atoms with van der Waals surface area (Å²) in [5.41, 5.74) is -1.95. The van der Waals surface area contributed by atoms with Gasteiger partial charge in [0.2, 0.25) is 0 Å². The van der Waals surface area contributed by atoms with Crippen molar-refractivity contribution >= 4 is 41.2 Å². The van der Waals surface area contributed by atoms with Crippen LogP contribution in [-0.2, 0) is 42.9 Å². The highest BCUT2D eigenvalue weighted by Gasteiger charge is 2.76. The fraction of sp³-hybridized carbons (Fsp3) is 0.619. The summed E-state index contributed by atoms with van der Waals surface area (Å²) < 4.78 is 31.0. The molecule has 11 atom stereocenters. The molecule has 10 nitrogen and oxygen atoms in total. The average molecular weight is 753 g/mol. The molecule has 0 aromatic heterocycles. The lowest BCUT2D eigenvalue weighted by Crippen LogP contribution is -2.76. The molecule has 0 saturated heterocycles. The van der Waals surface area contributed by atoms with Gasteiger partial charge in [-0.2, -0.15) is 0 Å². The Morgan fingerprint density at radius 2 is 1.66 bits per heavy atom. The normalized spacial score (nSPS) is 37.0. The Morgan fingerprint density at radius 3 is 2.28 bits per heavy atom. The maximum absolute atomic E-state index is 13.2. The van der Waals surface area contributed by atoms with Gasteiger partial charge in [-0.05, 0) is 85.6 Å². The second kappa shape index (κ2) is 15.4. The SMILES string of the molecule is CCSc1ccccc1/C(C)=C\[C@]1(O)C(C)=C[C@@H](OC(C)=O)[C@]2(C)C3C(OC(C)=O)[C@H](OC(C)=O)[C@@]4(C(C)OC(C)=O)COCC=CC4[C@]3(C)CCC21. The Kier molecular flexibility index (Phi) is 11.8. The van der Waals surface area contributed by atoms with E-state index < -0.39 is 87.9 Å². The van der Waals surface area contributed by atoms with E-state index in [0.29, 0.717) is 18.4 Å². The molecule has 53 heavy (non-hydrogen) atoms. The standard InChI is InChI=1S/C42H56O10S/c1-11-53-32-16-13-12-15-31(32)24(2)22-42(47)25(3)21-35(50-28(6)44)40(10)34(42)18-19-39(9)33-17-14-20-48-23-41(33,26(4)49-27(5)43)38(52-30(8)46)36(37(39)40)51-29(7)45/h12-17,21-22,26,33-38,47H,11,18-20,23H2,1-10H3/b24-22-/t26?,33?,34?,35-,36?,37?,38+,39+,40-,41-,42+/m1/s1. The predicted octanol–water partition coefficient (Wildman–Crippen LogP) is 6.88. The summed E-state index contributed by atoms with van der Waals surface area (Å²) in [5.74, 6) is -2.94. The molecule has 5 rings (SSSR count). The van der Waals surface area contributed by atoms with Gasteiger partial charge in [0.1, 0.15) is 23.9 Å². The molecule has 1 aliphatic heterocycles. The topological polar surface area (TPSA) is 135 Å². The number of allylic oxidation sites excluding steroid dienone is 2. The van der Waals surface area contributed by atoms with Crippen molar-refractivity contribution in [3.05, 3.63) is 59.7 Å². The third-order valence-electron chi connectivity index (χ3n) is 12.7. The number of esters is 4. The first-order chi connectivity index (χ1) is 24.9. The number of hydrogen-bond acceptors (Lipinski definition) is 11. The number of fused-ring (bicyclic) bond motifs is 5. The lowest BCUT2D eigenvalue weighted by molar-refractivity contribution is -0.301. The molecule has 4 aliphatic rings. The van der Waals surface area contributed by atoms with Gasteiger partial charge in [-0.15, -0.1) is 11.8 Å². The molecule has 3 aliphatic carbocycles. The Morgan fingerprint density at radius 1 is 1.00 bits per heavy atom. The fourth-order valence-electron chi connectivity index (χ4n) is 10.8. The van der Waals surface area contributed by atoms with Crippen LogP contribution in [-0.4, -0.2) is 78.0 Å². The Hall–Kier alpha value is -3.41. The zero-order chi connectivity index (χ0) is 39.1. The van der Waals surface area contributed by atoms with Gasteiger partial charge in [0, 0.05) is 49.8 Å². The summed E-state index contributed by atoms with van der Waals surface area (Å²) in [6.07, 6.45) is 4.89. The predicted molar refractivity (Wildman–Crippen MR) is 201 cm³/mol. The number of carbonyl (C=O) groups is 4. The molecule has 0 spiro atoms. The Bertz CT molecular complexity index is 1700. The first kappa shape index (κ1) is 40.8. The van der Waals surface area contributed by atoms with Crippen LogP contribution < -0.4 is 0 Å². The summed E-state index contributed by atoms with van der Waals surface area (Å²) in [6.45, 7) is 17.5. The van der Waals surface area contributed by atoms with Crippen molar-refractivity contribution in [3.8, 4) is 0 Å². The molecule has 1 aromatic carbocycles. The number of carbonyl (C=O) groups excluding carboxylic acids is 4. The largest absolute Gasteiger partial charge is 0.462 e. The van der Waals surface area contributed by atoms with Gasteiger partial charge >= 0.3 is 23.9 Å². The second-order valence-electron chi connectivity index (χ2n) is 15.8. The molecule has 2 fully saturated rings. The zero-order valence-corrected chi connectivity index (χ0v) is 33.5. The molecule has 11 heteroatoms. The number of hydrogen-bond donors (Lipinski definition) is 1. The van der Waals surface area contributed by atoms with Crippen molar-refractivity contribution in [1.29, 1.82) is 0 Å². The van der Waals surface area contributed by atoms with E-state index in [9.17, 15) is 24.3 Å². The summed E-state index contributed by atoms with van der Waals surface area (Å²) in [4.78, 5) is 53.0. The van der Waals surface area contributed by atoms with Crippen LogP contribution in [0.2, 0.25) is 0 Å². The average Bonchev–Trinajstić information content (AvgIpc) is 3.30. The van der Waals surface area contributed by atoms with Gasteiger partial charge in [0.05, 0.1) is 18.6 Å². The van der Waals surface area contributed by atoms with E-state index in [4.69, 9.17) is 23.7 Å². The number of thioether (sulfide) groups is 1. The molecular weight excluding hydrogens is 697 g/mol. The first-order valence-corrected chi connectivity index (χ1v) is 19.6. The Labute approximate surface area is 318 Å². The lowest BCUT2D eigenvalue weighted by atomic mass is 9.36. The molecule has 290 valence electrons. The summed E-state index contributed by atoms with van der Waals surface area (Å²) in [5, 5.41) is 13.2. The molecule has 0 amide bonds. The summed E-state index contributed by atoms with van der Waals surface area (Å²) >= 11 is 1.73. The molecule has 1 aromatic rings. The van der Waals surface area contributed by atoms with Crippen molar-refractivity contribution in [2.45, 2.75) is 117 Å². The van der Waals surface area contributed by atoms with E-state index in [1.165, 1.54) is 27.7 Å². The van der Waals surface area contributed by atoms with Crippen molar-refractivity contribution in [2.24, 2.45) is 34.0 Å². The van der Waals surface area contributed by atoms with Crippen LogP contribution in [0.15, 0.2) is 59.0 Å². The number of benzene rings is 1. The van der Waals surface area contributed by atoms with Crippen LogP contribution in [0.4, 0.5) is 0 Å². The molecular formula is C42H56O10S. The first-order valence-electron chi connectivity index (χ1n) is 18.6. The van der Waals surface area contributed by atoms with E-state index in [1.54, 1.807) is 18.7 Å². The van der Waals surface area contributed by atoms with Crippen LogP contribution in [0.3, 0.4) is 0 Å². The van der Waals surface area contributed by atoms with E-state index in [2.05, 4.69) is 32.1 Å². The quantitative estimate of drug-likeness (QED) is 0.122. The monoisotopic (exact) mass is 752 g/mol. The van der Waals surface area contributed by atoms with Crippen molar-refractivity contribution in [2.75, 3.05) is 19.0 Å². The fourth-order valence-corrected chi connectivity index (χ4v) is 11.7. The third kappa shape index (κ3) is 7.02. The molecule has 5 unspecified atom stereocenters. The van der Waals surface area contributed by atoms with E-state index in [0.717, 1.165) is 21.8 Å². The van der Waals surface area contributed by atoms with Crippen LogP contribution in [0.5, 0.6) is 0 Å². The third-order valence-corrected chi connectivity index (χ3v) is 13.6. The van der Waals surface area contributed by atoms with Crippen molar-refractivity contribution in [1.82, 2.24) is 0 Å². The minimum absolute atomic E-state index is 0.0463. The van der Waals surface area contributed by atoms with Crippen molar-refractivity contribution in [3.63, 3.8) is 0 Å². The molecule has 1 heterocycles. The molecule has 0 bridgehead atoms. The van der Waals surface area contributed by atoms with E-state index >= 15 is 0 Å². The molecule has 2 saturated carbocycles. The van der Waals surface area contributed by atoms with Crippen LogP contribution in [0.1, 0.15) is 87.6 Å². The Balaban J connectivity index is 1.82. The highest BCUT2D eigenvalue weighted by molar-refractivity contribution is 7.99.